The van der Waals surface area contributed by atoms with Crippen LogP contribution in [-0.4, -0.2) is 16.7 Å². The van der Waals surface area contributed by atoms with Crippen molar-refractivity contribution < 1.29 is 9.59 Å². The third kappa shape index (κ3) is 3.63. The molecule has 0 saturated heterocycles. The van der Waals surface area contributed by atoms with E-state index in [2.05, 4.69) is 10.3 Å². The fourth-order valence-corrected chi connectivity index (χ4v) is 3.84. The number of hydrogen-bond donors (Lipinski definition) is 2. The monoisotopic (exact) mass is 386 g/mol. The van der Waals surface area contributed by atoms with Crippen molar-refractivity contribution in [3.63, 3.8) is 0 Å². The molecule has 1 heterocycles. The van der Waals surface area contributed by atoms with Gasteiger partial charge in [-0.15, -0.1) is 0 Å². The average Bonchev–Trinajstić information content (AvgIpc) is 2.71. The number of pyridine rings is 1. The van der Waals surface area contributed by atoms with Gasteiger partial charge in [-0.25, -0.2) is 0 Å². The number of carbonyl (C=O) groups excluding carboxylic acids is 2. The van der Waals surface area contributed by atoms with E-state index in [0.29, 0.717) is 29.8 Å². The Morgan fingerprint density at radius 3 is 2.52 bits per heavy atom. The van der Waals surface area contributed by atoms with Crippen LogP contribution in [0.3, 0.4) is 0 Å². The number of Topliss-reactive ketones (excluding diaryl/α,β-unsaturated/α-hetero) is 1. The van der Waals surface area contributed by atoms with Gasteiger partial charge >= 0.3 is 0 Å². The molecule has 5 heteroatoms. The van der Waals surface area contributed by atoms with Crippen LogP contribution in [-0.2, 0) is 6.42 Å². The van der Waals surface area contributed by atoms with Crippen molar-refractivity contribution in [1.82, 2.24) is 4.98 Å². The molecule has 1 amide bonds. The highest BCUT2D eigenvalue weighted by atomic mass is 16.2. The maximum Gasteiger partial charge on any atom is 0.261 e. The summed E-state index contributed by atoms with van der Waals surface area (Å²) in [7, 11) is 0. The number of amides is 1. The van der Waals surface area contributed by atoms with Gasteiger partial charge in [0.1, 0.15) is 5.56 Å². The Balaban J connectivity index is 1.64. The first-order valence-electron chi connectivity index (χ1n) is 9.66. The molecule has 2 aromatic carbocycles. The second-order valence-corrected chi connectivity index (χ2v) is 7.54. The number of H-pyrrole nitrogens is 1. The molecule has 2 N–H and O–H groups in total. The van der Waals surface area contributed by atoms with E-state index in [1.165, 1.54) is 6.07 Å². The van der Waals surface area contributed by atoms with E-state index < -0.39 is 11.5 Å². The zero-order valence-corrected chi connectivity index (χ0v) is 16.4. The minimum absolute atomic E-state index is 0.0291. The first-order valence-corrected chi connectivity index (χ1v) is 9.66. The molecule has 0 radical (unpaired) electrons. The molecule has 1 atom stereocenters. The van der Waals surface area contributed by atoms with Crippen molar-refractivity contribution in [2.24, 2.45) is 0 Å². The first-order chi connectivity index (χ1) is 13.9. The van der Waals surface area contributed by atoms with E-state index in [1.807, 2.05) is 56.3 Å². The molecular formula is C24H22N2O3. The lowest BCUT2D eigenvalue weighted by atomic mass is 9.81. The fraction of sp³-hybridized carbons (Fsp3) is 0.208. The van der Waals surface area contributed by atoms with Gasteiger partial charge in [-0.05, 0) is 55.0 Å². The maximum absolute atomic E-state index is 12.8. The third-order valence-corrected chi connectivity index (χ3v) is 5.67. The largest absolute Gasteiger partial charge is 0.325 e. The molecule has 0 saturated carbocycles. The number of hydrogen-bond acceptors (Lipinski definition) is 3. The van der Waals surface area contributed by atoms with Gasteiger partial charge < -0.3 is 10.3 Å². The molecule has 3 aromatic rings. The van der Waals surface area contributed by atoms with Crippen molar-refractivity contribution >= 4 is 17.4 Å². The molecule has 0 fully saturated rings. The van der Waals surface area contributed by atoms with Crippen LogP contribution < -0.4 is 10.9 Å². The van der Waals surface area contributed by atoms with Crippen LogP contribution in [0.15, 0.2) is 59.4 Å². The first kappa shape index (κ1) is 18.9. The quantitative estimate of drug-likeness (QED) is 0.709. The number of aromatic nitrogens is 1. The van der Waals surface area contributed by atoms with Crippen molar-refractivity contribution in [3.05, 3.63) is 98.5 Å². The van der Waals surface area contributed by atoms with E-state index in [-0.39, 0.29) is 17.3 Å². The lowest BCUT2D eigenvalue weighted by Gasteiger charge is -2.24. The summed E-state index contributed by atoms with van der Waals surface area (Å²) in [5, 5.41) is 2.79. The standard InChI is InChI=1S/C24H22N2O3/c1-14-7-6-10-20(15(14)2)25-23(28)19-13-18-21(26-24(19)29)11-17(12-22(18)27)16-8-4-3-5-9-16/h3-10,13,17H,11-12H2,1-2H3,(H,25,28)(H,26,29)/t17-/m0/s1. The molecular weight excluding hydrogens is 364 g/mol. The van der Waals surface area contributed by atoms with E-state index in [0.717, 1.165) is 16.7 Å². The molecule has 1 aliphatic carbocycles. The minimum atomic E-state index is -0.513. The number of aromatic amines is 1. The van der Waals surface area contributed by atoms with Crippen LogP contribution in [0.25, 0.3) is 0 Å². The Morgan fingerprint density at radius 2 is 1.76 bits per heavy atom. The fourth-order valence-electron chi connectivity index (χ4n) is 3.84. The van der Waals surface area contributed by atoms with Crippen LogP contribution in [0, 0.1) is 13.8 Å². The maximum atomic E-state index is 12.8. The number of ketones is 1. The highest BCUT2D eigenvalue weighted by Gasteiger charge is 2.28. The van der Waals surface area contributed by atoms with Crippen LogP contribution in [0.2, 0.25) is 0 Å². The van der Waals surface area contributed by atoms with Crippen molar-refractivity contribution in [2.75, 3.05) is 5.32 Å². The third-order valence-electron chi connectivity index (χ3n) is 5.67. The zero-order chi connectivity index (χ0) is 20.5. The Morgan fingerprint density at radius 1 is 1.00 bits per heavy atom. The topological polar surface area (TPSA) is 79.0 Å². The minimum Gasteiger partial charge on any atom is -0.325 e. The van der Waals surface area contributed by atoms with Crippen molar-refractivity contribution in [2.45, 2.75) is 32.6 Å². The summed E-state index contributed by atoms with van der Waals surface area (Å²) >= 11 is 0. The highest BCUT2D eigenvalue weighted by Crippen LogP contribution is 2.31. The van der Waals surface area contributed by atoms with E-state index >= 15 is 0 Å². The Kier molecular flexibility index (Phi) is 4.89. The molecule has 0 unspecified atom stereocenters. The van der Waals surface area contributed by atoms with Gasteiger partial charge in [-0.3, -0.25) is 14.4 Å². The van der Waals surface area contributed by atoms with Gasteiger partial charge in [0.25, 0.3) is 11.5 Å². The summed E-state index contributed by atoms with van der Waals surface area (Å²) in [5.74, 6) is -0.542. The van der Waals surface area contributed by atoms with Crippen LogP contribution in [0.1, 0.15) is 55.4 Å². The van der Waals surface area contributed by atoms with Gasteiger partial charge in [-0.1, -0.05) is 42.5 Å². The lowest BCUT2D eigenvalue weighted by molar-refractivity contribution is 0.0963. The highest BCUT2D eigenvalue weighted by molar-refractivity contribution is 6.07. The summed E-state index contributed by atoms with van der Waals surface area (Å²) < 4.78 is 0. The number of nitrogens with one attached hydrogen (secondary N) is 2. The molecule has 0 aliphatic heterocycles. The average molecular weight is 386 g/mol. The Labute approximate surface area is 168 Å². The lowest BCUT2D eigenvalue weighted by Crippen LogP contribution is -2.29. The summed E-state index contributed by atoms with van der Waals surface area (Å²) in [6, 6.07) is 16.9. The predicted octanol–water partition coefficient (Wildman–Crippen LogP) is 4.16. The van der Waals surface area contributed by atoms with E-state index in [4.69, 9.17) is 0 Å². The number of benzene rings is 2. The van der Waals surface area contributed by atoms with Gasteiger partial charge in [0.2, 0.25) is 0 Å². The smallest absolute Gasteiger partial charge is 0.261 e. The second kappa shape index (κ2) is 7.51. The zero-order valence-electron chi connectivity index (χ0n) is 16.4. The van der Waals surface area contributed by atoms with Gasteiger partial charge in [0.15, 0.2) is 5.78 Å². The number of anilines is 1. The number of rotatable bonds is 3. The summed E-state index contributed by atoms with van der Waals surface area (Å²) in [6.45, 7) is 3.87. The molecule has 0 spiro atoms. The number of aryl methyl sites for hydroxylation is 1. The van der Waals surface area contributed by atoms with E-state index in [1.54, 1.807) is 6.07 Å². The molecule has 146 valence electrons. The summed E-state index contributed by atoms with van der Waals surface area (Å²) in [5.41, 5.74) is 4.23. The molecule has 1 aliphatic rings. The normalized spacial score (nSPS) is 15.7. The molecule has 29 heavy (non-hydrogen) atoms. The number of fused-ring (bicyclic) bond motifs is 1. The molecule has 4 rings (SSSR count). The van der Waals surface area contributed by atoms with Gasteiger partial charge in [-0.2, -0.15) is 0 Å². The van der Waals surface area contributed by atoms with Crippen LogP contribution in [0.4, 0.5) is 5.69 Å². The second-order valence-electron chi connectivity index (χ2n) is 7.54. The summed E-state index contributed by atoms with van der Waals surface area (Å²) in [4.78, 5) is 40.9. The molecule has 0 bridgehead atoms. The Hall–Kier alpha value is -3.47. The summed E-state index contributed by atoms with van der Waals surface area (Å²) in [6.07, 6.45) is 0.931. The van der Waals surface area contributed by atoms with Gasteiger partial charge in [0, 0.05) is 23.4 Å². The molecule has 5 nitrogen and oxygen atoms in total. The van der Waals surface area contributed by atoms with E-state index in [9.17, 15) is 14.4 Å². The molecule has 1 aromatic heterocycles. The van der Waals surface area contributed by atoms with Crippen LogP contribution >= 0.6 is 0 Å². The SMILES string of the molecule is Cc1cccc(NC(=O)c2cc3c([nH]c2=O)C[C@H](c2ccccc2)CC3=O)c1C. The Bertz CT molecular complexity index is 1160. The van der Waals surface area contributed by atoms with Crippen molar-refractivity contribution in [3.8, 4) is 0 Å². The van der Waals surface area contributed by atoms with Crippen LogP contribution in [0.5, 0.6) is 0 Å². The van der Waals surface area contributed by atoms with Crippen molar-refractivity contribution in [1.29, 1.82) is 0 Å². The van der Waals surface area contributed by atoms with Gasteiger partial charge in [0.05, 0.1) is 0 Å². The number of carbonyl (C=O) groups is 2. The predicted molar refractivity (Wildman–Crippen MR) is 113 cm³/mol.